The van der Waals surface area contributed by atoms with E-state index in [1.54, 1.807) is 17.0 Å². The Balaban J connectivity index is 2.21. The van der Waals surface area contributed by atoms with Gasteiger partial charge < -0.3 is 4.90 Å². The van der Waals surface area contributed by atoms with E-state index in [1.807, 2.05) is 0 Å². The van der Waals surface area contributed by atoms with Gasteiger partial charge in [-0.25, -0.2) is 4.98 Å². The maximum absolute atomic E-state index is 12.4. The van der Waals surface area contributed by atoms with Crippen LogP contribution in [0.5, 0.6) is 0 Å². The highest BCUT2D eigenvalue weighted by atomic mass is 32.1. The average molecular weight is 291 g/mol. The van der Waals surface area contributed by atoms with Gasteiger partial charge in [-0.05, 0) is 26.2 Å². The van der Waals surface area contributed by atoms with E-state index in [9.17, 15) is 9.59 Å². The molecule has 2 aromatic rings. The van der Waals surface area contributed by atoms with E-state index in [2.05, 4.69) is 9.88 Å². The van der Waals surface area contributed by atoms with Crippen LogP contribution in [0.4, 0.5) is 5.95 Å². The summed E-state index contributed by atoms with van der Waals surface area (Å²) in [6.07, 6.45) is 3.47. The van der Waals surface area contributed by atoms with Crippen molar-refractivity contribution < 1.29 is 4.79 Å². The first-order valence-electron chi connectivity index (χ1n) is 6.83. The van der Waals surface area contributed by atoms with Crippen LogP contribution >= 0.6 is 11.3 Å². The number of rotatable bonds is 2. The number of Topliss-reactive ketones (excluding diaryl/α,β-unsaturated/α-hetero) is 1. The van der Waals surface area contributed by atoms with Crippen LogP contribution in [0.15, 0.2) is 10.2 Å². The van der Waals surface area contributed by atoms with Crippen molar-refractivity contribution in [3.8, 4) is 0 Å². The second-order valence-corrected chi connectivity index (χ2v) is 6.09. The highest BCUT2D eigenvalue weighted by Gasteiger charge is 2.20. The lowest BCUT2D eigenvalue weighted by molar-refractivity contribution is 0.101. The maximum atomic E-state index is 12.4. The summed E-state index contributed by atoms with van der Waals surface area (Å²) >= 11 is 1.30. The molecule has 0 unspecified atom stereocenters. The molecule has 0 spiro atoms. The third kappa shape index (κ3) is 2.04. The zero-order chi connectivity index (χ0) is 14.3. The maximum Gasteiger partial charge on any atom is 0.272 e. The number of thiophene rings is 1. The van der Waals surface area contributed by atoms with Crippen LogP contribution in [0.1, 0.15) is 36.5 Å². The van der Waals surface area contributed by atoms with E-state index < -0.39 is 0 Å². The number of hydrogen-bond acceptors (Lipinski definition) is 5. The first-order chi connectivity index (χ1) is 9.59. The summed E-state index contributed by atoms with van der Waals surface area (Å²) in [5, 5.41) is 1.74. The van der Waals surface area contributed by atoms with Crippen LogP contribution in [0.2, 0.25) is 0 Å². The van der Waals surface area contributed by atoms with Crippen LogP contribution in [-0.2, 0) is 7.05 Å². The first kappa shape index (κ1) is 13.3. The summed E-state index contributed by atoms with van der Waals surface area (Å²) in [5.74, 6) is 0.643. The SMILES string of the molecule is CC(=O)c1csc2c(=O)n(C)c(N3CCCCC3)nc12. The topological polar surface area (TPSA) is 55.2 Å². The molecule has 0 aromatic carbocycles. The number of aromatic nitrogens is 2. The van der Waals surface area contributed by atoms with Crippen molar-refractivity contribution in [3.05, 3.63) is 21.3 Å². The van der Waals surface area contributed by atoms with Gasteiger partial charge in [-0.2, -0.15) is 0 Å². The number of carbonyl (C=O) groups excluding carboxylic acids is 1. The van der Waals surface area contributed by atoms with Crippen LogP contribution in [0.25, 0.3) is 10.2 Å². The van der Waals surface area contributed by atoms with E-state index in [0.717, 1.165) is 25.9 Å². The fourth-order valence-corrected chi connectivity index (χ4v) is 3.68. The van der Waals surface area contributed by atoms with Crippen LogP contribution in [0, 0.1) is 0 Å². The fourth-order valence-electron chi connectivity index (χ4n) is 2.66. The van der Waals surface area contributed by atoms with Gasteiger partial charge in [0, 0.05) is 25.5 Å². The molecule has 0 amide bonds. The van der Waals surface area contributed by atoms with Gasteiger partial charge in [-0.15, -0.1) is 11.3 Å². The van der Waals surface area contributed by atoms with E-state index >= 15 is 0 Å². The molecule has 0 saturated carbocycles. The molecule has 0 radical (unpaired) electrons. The van der Waals surface area contributed by atoms with Crippen LogP contribution < -0.4 is 10.5 Å². The van der Waals surface area contributed by atoms with Gasteiger partial charge in [-0.1, -0.05) is 0 Å². The Morgan fingerprint density at radius 3 is 2.65 bits per heavy atom. The van der Waals surface area contributed by atoms with Crippen molar-refractivity contribution in [2.24, 2.45) is 7.05 Å². The zero-order valence-electron chi connectivity index (χ0n) is 11.7. The molecule has 5 nitrogen and oxygen atoms in total. The molecule has 106 valence electrons. The number of fused-ring (bicyclic) bond motifs is 1. The molecule has 0 atom stereocenters. The molecule has 1 fully saturated rings. The summed E-state index contributed by atoms with van der Waals surface area (Å²) < 4.78 is 2.17. The van der Waals surface area contributed by atoms with E-state index in [1.165, 1.54) is 24.7 Å². The molecule has 6 heteroatoms. The van der Waals surface area contributed by atoms with Gasteiger partial charge in [0.1, 0.15) is 10.2 Å². The Labute approximate surface area is 120 Å². The molecule has 0 bridgehead atoms. The molecule has 2 aromatic heterocycles. The quantitative estimate of drug-likeness (QED) is 0.796. The molecule has 1 saturated heterocycles. The molecule has 0 aliphatic carbocycles. The number of nitrogens with zero attached hydrogens (tertiary/aromatic N) is 3. The Morgan fingerprint density at radius 2 is 2.00 bits per heavy atom. The van der Waals surface area contributed by atoms with Crippen molar-refractivity contribution in [1.29, 1.82) is 0 Å². The van der Waals surface area contributed by atoms with E-state index in [-0.39, 0.29) is 11.3 Å². The van der Waals surface area contributed by atoms with Crippen molar-refractivity contribution in [3.63, 3.8) is 0 Å². The Hall–Kier alpha value is -1.69. The van der Waals surface area contributed by atoms with Crippen molar-refractivity contribution in [1.82, 2.24) is 9.55 Å². The molecule has 1 aliphatic rings. The molecular weight excluding hydrogens is 274 g/mol. The third-order valence-corrected chi connectivity index (χ3v) is 4.75. The van der Waals surface area contributed by atoms with Crippen molar-refractivity contribution in [2.75, 3.05) is 18.0 Å². The Bertz CT molecular complexity index is 726. The molecule has 3 rings (SSSR count). The summed E-state index contributed by atoms with van der Waals surface area (Å²) in [4.78, 5) is 30.8. The number of ketones is 1. The van der Waals surface area contributed by atoms with Gasteiger partial charge in [0.15, 0.2) is 5.78 Å². The minimum Gasteiger partial charge on any atom is -0.342 e. The van der Waals surface area contributed by atoms with E-state index in [0.29, 0.717) is 21.7 Å². The monoisotopic (exact) mass is 291 g/mol. The molecular formula is C14H17N3O2S. The smallest absolute Gasteiger partial charge is 0.272 e. The summed E-state index contributed by atoms with van der Waals surface area (Å²) in [7, 11) is 1.76. The lowest BCUT2D eigenvalue weighted by Crippen LogP contribution is -2.35. The fraction of sp³-hybridized carbons (Fsp3) is 0.500. The predicted octanol–water partition coefficient (Wildman–Crippen LogP) is 2.19. The largest absolute Gasteiger partial charge is 0.342 e. The van der Waals surface area contributed by atoms with E-state index in [4.69, 9.17) is 0 Å². The zero-order valence-corrected chi connectivity index (χ0v) is 12.5. The van der Waals surface area contributed by atoms with Crippen molar-refractivity contribution in [2.45, 2.75) is 26.2 Å². The number of carbonyl (C=O) groups is 1. The Kier molecular flexibility index (Phi) is 3.33. The lowest BCUT2D eigenvalue weighted by atomic mass is 10.1. The highest BCUT2D eigenvalue weighted by molar-refractivity contribution is 7.17. The number of anilines is 1. The molecule has 1 aliphatic heterocycles. The van der Waals surface area contributed by atoms with Crippen LogP contribution in [0.3, 0.4) is 0 Å². The summed E-state index contributed by atoms with van der Waals surface area (Å²) in [6.45, 7) is 3.36. The second-order valence-electron chi connectivity index (χ2n) is 5.21. The number of hydrogen-bond donors (Lipinski definition) is 0. The second kappa shape index (κ2) is 5.01. The normalized spacial score (nSPS) is 15.8. The van der Waals surface area contributed by atoms with Gasteiger partial charge in [0.2, 0.25) is 5.95 Å². The van der Waals surface area contributed by atoms with Gasteiger partial charge in [-0.3, -0.25) is 14.2 Å². The van der Waals surface area contributed by atoms with Gasteiger partial charge in [0.25, 0.3) is 5.56 Å². The highest BCUT2D eigenvalue weighted by Crippen LogP contribution is 2.25. The van der Waals surface area contributed by atoms with Crippen LogP contribution in [-0.4, -0.2) is 28.4 Å². The standard InChI is InChI=1S/C14H17N3O2S/c1-9(18)10-8-20-12-11(10)15-14(16(2)13(12)19)17-6-4-3-5-7-17/h8H,3-7H2,1-2H3. The van der Waals surface area contributed by atoms with Crippen molar-refractivity contribution >= 4 is 33.3 Å². The molecule has 0 N–H and O–H groups in total. The van der Waals surface area contributed by atoms with Gasteiger partial charge in [0.05, 0.1) is 5.56 Å². The first-order valence-corrected chi connectivity index (χ1v) is 7.71. The summed E-state index contributed by atoms with van der Waals surface area (Å²) in [6, 6.07) is 0. The molecule has 20 heavy (non-hydrogen) atoms. The Morgan fingerprint density at radius 1 is 1.30 bits per heavy atom. The molecule has 3 heterocycles. The number of piperidine rings is 1. The average Bonchev–Trinajstić information content (AvgIpc) is 2.88. The van der Waals surface area contributed by atoms with Gasteiger partial charge >= 0.3 is 0 Å². The predicted molar refractivity (Wildman–Crippen MR) is 80.9 cm³/mol. The lowest BCUT2D eigenvalue weighted by Gasteiger charge is -2.28. The third-order valence-electron chi connectivity index (χ3n) is 3.79. The minimum absolute atomic E-state index is 0.0402. The minimum atomic E-state index is -0.0620. The summed E-state index contributed by atoms with van der Waals surface area (Å²) in [5.41, 5.74) is 1.06.